The van der Waals surface area contributed by atoms with Crippen molar-refractivity contribution in [1.82, 2.24) is 15.1 Å². The molecule has 2 N–H and O–H groups in total. The molecule has 2 aliphatic carbocycles. The fourth-order valence-corrected chi connectivity index (χ4v) is 3.47. The summed E-state index contributed by atoms with van der Waals surface area (Å²) in [4.78, 5) is 12.5. The van der Waals surface area contributed by atoms with Gasteiger partial charge in [-0.15, -0.1) is 0 Å². The molecule has 0 aliphatic heterocycles. The molecule has 5 nitrogen and oxygen atoms in total. The van der Waals surface area contributed by atoms with Crippen LogP contribution in [0.25, 0.3) is 0 Å². The highest BCUT2D eigenvalue weighted by atomic mass is 16.3. The van der Waals surface area contributed by atoms with Crippen LogP contribution in [0.2, 0.25) is 0 Å². The number of amides is 1. The number of nitrogens with one attached hydrogen (secondary N) is 1. The number of hydrogen-bond acceptors (Lipinski definition) is 3. The zero-order valence-corrected chi connectivity index (χ0v) is 13.5. The fraction of sp³-hybridized carbons (Fsp3) is 0.765. The molecule has 1 heterocycles. The highest BCUT2D eigenvalue weighted by molar-refractivity contribution is 5.95. The van der Waals surface area contributed by atoms with Crippen molar-refractivity contribution < 1.29 is 9.90 Å². The van der Waals surface area contributed by atoms with Crippen LogP contribution in [0.3, 0.4) is 0 Å². The first-order valence-corrected chi connectivity index (χ1v) is 8.69. The minimum Gasteiger partial charge on any atom is -0.388 e. The van der Waals surface area contributed by atoms with E-state index in [1.54, 1.807) is 6.20 Å². The van der Waals surface area contributed by atoms with Gasteiger partial charge in [-0.3, -0.25) is 9.48 Å². The number of carbonyl (C=O) groups is 1. The number of rotatable bonds is 6. The largest absolute Gasteiger partial charge is 0.388 e. The normalized spacial score (nSPS) is 20.8. The van der Waals surface area contributed by atoms with Crippen molar-refractivity contribution >= 4 is 5.91 Å². The van der Waals surface area contributed by atoms with Gasteiger partial charge in [0.05, 0.1) is 23.1 Å². The van der Waals surface area contributed by atoms with Gasteiger partial charge in [0.2, 0.25) is 0 Å². The number of hydrogen-bond donors (Lipinski definition) is 2. The van der Waals surface area contributed by atoms with Gasteiger partial charge >= 0.3 is 0 Å². The molecule has 2 fully saturated rings. The Hall–Kier alpha value is -1.36. The van der Waals surface area contributed by atoms with Crippen molar-refractivity contribution in [3.63, 3.8) is 0 Å². The maximum absolute atomic E-state index is 12.5. The van der Waals surface area contributed by atoms with E-state index in [-0.39, 0.29) is 5.91 Å². The van der Waals surface area contributed by atoms with Crippen LogP contribution < -0.4 is 5.32 Å². The van der Waals surface area contributed by atoms with Crippen molar-refractivity contribution in [3.05, 3.63) is 17.5 Å². The first-order chi connectivity index (χ1) is 10.6. The van der Waals surface area contributed by atoms with E-state index in [9.17, 15) is 9.90 Å². The number of aliphatic hydroxyl groups is 1. The maximum Gasteiger partial charge on any atom is 0.254 e. The van der Waals surface area contributed by atoms with Crippen molar-refractivity contribution in [2.45, 2.75) is 76.4 Å². The van der Waals surface area contributed by atoms with Gasteiger partial charge in [-0.2, -0.15) is 5.10 Å². The number of aromatic nitrogens is 2. The third-order valence-electron chi connectivity index (χ3n) is 4.89. The Kier molecular flexibility index (Phi) is 4.52. The van der Waals surface area contributed by atoms with Crippen LogP contribution in [0.1, 0.15) is 80.3 Å². The number of nitrogens with zero attached hydrogens (tertiary/aromatic N) is 2. The molecule has 0 atom stereocenters. The second kappa shape index (κ2) is 6.41. The highest BCUT2D eigenvalue weighted by Crippen LogP contribution is 2.41. The predicted molar refractivity (Wildman–Crippen MR) is 84.9 cm³/mol. The van der Waals surface area contributed by atoms with Gasteiger partial charge in [0, 0.05) is 19.0 Å². The second-order valence-electron chi connectivity index (χ2n) is 6.91. The standard InChI is InChI=1S/C17H27N3O2/c1-2-10-20-15(13-6-7-13)14(11-19-20)16(21)18-12-17(22)8-4-3-5-9-17/h11,13,22H,2-10,12H2,1H3,(H,18,21). The Bertz CT molecular complexity index is 528. The van der Waals surface area contributed by atoms with Crippen LogP contribution in [-0.4, -0.2) is 32.9 Å². The van der Waals surface area contributed by atoms with Crippen LogP contribution in [-0.2, 0) is 6.54 Å². The Labute approximate surface area is 132 Å². The molecule has 0 unspecified atom stereocenters. The summed E-state index contributed by atoms with van der Waals surface area (Å²) in [7, 11) is 0. The first-order valence-electron chi connectivity index (χ1n) is 8.69. The van der Waals surface area contributed by atoms with Crippen molar-refractivity contribution in [2.75, 3.05) is 6.54 Å². The third kappa shape index (κ3) is 3.35. The average molecular weight is 305 g/mol. The molecule has 2 aliphatic rings. The SMILES string of the molecule is CCCn1ncc(C(=O)NCC2(O)CCCCC2)c1C1CC1. The van der Waals surface area contributed by atoms with Gasteiger partial charge in [0.25, 0.3) is 5.91 Å². The number of carbonyl (C=O) groups excluding carboxylic acids is 1. The summed E-state index contributed by atoms with van der Waals surface area (Å²) in [6, 6.07) is 0. The topological polar surface area (TPSA) is 67.2 Å². The van der Waals surface area contributed by atoms with E-state index in [2.05, 4.69) is 17.3 Å². The van der Waals surface area contributed by atoms with E-state index in [1.807, 2.05) is 4.68 Å². The summed E-state index contributed by atoms with van der Waals surface area (Å²) in [5, 5.41) is 17.9. The number of aryl methyl sites for hydroxylation is 1. The van der Waals surface area contributed by atoms with Gasteiger partial charge in [-0.25, -0.2) is 0 Å². The molecular formula is C17H27N3O2. The monoisotopic (exact) mass is 305 g/mol. The lowest BCUT2D eigenvalue weighted by atomic mass is 9.85. The van der Waals surface area contributed by atoms with Crippen molar-refractivity contribution in [3.8, 4) is 0 Å². The molecular weight excluding hydrogens is 278 g/mol. The third-order valence-corrected chi connectivity index (χ3v) is 4.89. The van der Waals surface area contributed by atoms with E-state index in [0.29, 0.717) is 18.0 Å². The summed E-state index contributed by atoms with van der Waals surface area (Å²) in [6.45, 7) is 3.34. The van der Waals surface area contributed by atoms with Gasteiger partial charge in [0.1, 0.15) is 0 Å². The molecule has 0 bridgehead atoms. The highest BCUT2D eigenvalue weighted by Gasteiger charge is 2.34. The Balaban J connectivity index is 1.67. The molecule has 1 aromatic rings. The lowest BCUT2D eigenvalue weighted by molar-refractivity contribution is 0.00524. The molecule has 5 heteroatoms. The lowest BCUT2D eigenvalue weighted by Crippen LogP contribution is -2.44. The quantitative estimate of drug-likeness (QED) is 0.849. The molecule has 122 valence electrons. The summed E-state index contributed by atoms with van der Waals surface area (Å²) in [6.07, 6.45) is 9.88. The average Bonchev–Trinajstić information content (AvgIpc) is 3.27. The van der Waals surface area contributed by atoms with E-state index in [0.717, 1.165) is 57.2 Å². The van der Waals surface area contributed by atoms with Crippen molar-refractivity contribution in [2.24, 2.45) is 0 Å². The van der Waals surface area contributed by atoms with Gasteiger partial charge in [-0.05, 0) is 32.1 Å². The minimum atomic E-state index is -0.715. The smallest absolute Gasteiger partial charge is 0.254 e. The van der Waals surface area contributed by atoms with Gasteiger partial charge in [-0.1, -0.05) is 26.2 Å². The van der Waals surface area contributed by atoms with Crippen LogP contribution >= 0.6 is 0 Å². The van der Waals surface area contributed by atoms with Crippen LogP contribution in [0.15, 0.2) is 6.20 Å². The van der Waals surface area contributed by atoms with Gasteiger partial charge in [0.15, 0.2) is 0 Å². The van der Waals surface area contributed by atoms with E-state index >= 15 is 0 Å². The zero-order valence-electron chi connectivity index (χ0n) is 13.5. The maximum atomic E-state index is 12.5. The molecule has 22 heavy (non-hydrogen) atoms. The molecule has 3 rings (SSSR count). The van der Waals surface area contributed by atoms with E-state index in [4.69, 9.17) is 0 Å². The molecule has 0 spiro atoms. The van der Waals surface area contributed by atoms with Gasteiger partial charge < -0.3 is 10.4 Å². The Morgan fingerprint density at radius 1 is 1.41 bits per heavy atom. The van der Waals surface area contributed by atoms with E-state index < -0.39 is 5.60 Å². The fourth-order valence-electron chi connectivity index (χ4n) is 3.47. The molecule has 0 radical (unpaired) electrons. The summed E-state index contributed by atoms with van der Waals surface area (Å²) < 4.78 is 1.99. The lowest BCUT2D eigenvalue weighted by Gasteiger charge is -2.32. The van der Waals surface area contributed by atoms with Crippen molar-refractivity contribution in [1.29, 1.82) is 0 Å². The summed E-state index contributed by atoms with van der Waals surface area (Å²) >= 11 is 0. The summed E-state index contributed by atoms with van der Waals surface area (Å²) in [5.74, 6) is 0.413. The summed E-state index contributed by atoms with van der Waals surface area (Å²) in [5.41, 5.74) is 1.08. The predicted octanol–water partition coefficient (Wildman–Crippen LogP) is 2.60. The minimum absolute atomic E-state index is 0.0803. The molecule has 1 amide bonds. The second-order valence-corrected chi connectivity index (χ2v) is 6.91. The zero-order chi connectivity index (χ0) is 15.6. The van der Waals surface area contributed by atoms with Crippen LogP contribution in [0, 0.1) is 0 Å². The Morgan fingerprint density at radius 2 is 2.14 bits per heavy atom. The first kappa shape index (κ1) is 15.5. The molecule has 0 aromatic carbocycles. The molecule has 2 saturated carbocycles. The van der Waals surface area contributed by atoms with Crippen LogP contribution in [0.5, 0.6) is 0 Å². The van der Waals surface area contributed by atoms with E-state index in [1.165, 1.54) is 6.42 Å². The molecule has 1 aromatic heterocycles. The Morgan fingerprint density at radius 3 is 2.77 bits per heavy atom. The molecule has 0 saturated heterocycles. The van der Waals surface area contributed by atoms with Crippen LogP contribution in [0.4, 0.5) is 0 Å².